The van der Waals surface area contributed by atoms with Crippen molar-refractivity contribution in [1.29, 1.82) is 5.26 Å². The second-order valence-corrected chi connectivity index (χ2v) is 2.53. The molecule has 0 aliphatic heterocycles. The van der Waals surface area contributed by atoms with Crippen molar-refractivity contribution in [3.8, 4) is 6.07 Å². The average Bonchev–Trinajstić information content (AvgIpc) is 1.88. The van der Waals surface area contributed by atoms with E-state index in [1.807, 2.05) is 6.07 Å². The number of nitrogens with zero attached hydrogens (tertiary/aromatic N) is 1. The predicted molar refractivity (Wildman–Crippen MR) is 41.6 cm³/mol. The maximum atomic E-state index is 10.6. The van der Waals surface area contributed by atoms with Gasteiger partial charge in [-0.25, -0.2) is 0 Å². The zero-order valence-corrected chi connectivity index (χ0v) is 7.31. The van der Waals surface area contributed by atoms with Gasteiger partial charge in [-0.2, -0.15) is 5.26 Å². The molecule has 3 nitrogen and oxygen atoms in total. The molecule has 1 N–H and O–H groups in total. The molecule has 1 unspecified atom stereocenters. The lowest BCUT2D eigenvalue weighted by atomic mass is 10.2. The zero-order chi connectivity index (χ0) is 7.98. The van der Waals surface area contributed by atoms with Crippen molar-refractivity contribution in [1.82, 2.24) is 5.32 Å². The molecule has 0 aliphatic rings. The van der Waals surface area contributed by atoms with E-state index in [2.05, 4.69) is 21.2 Å². The van der Waals surface area contributed by atoms with Crippen molar-refractivity contribution >= 4 is 21.8 Å². The van der Waals surface area contributed by atoms with Gasteiger partial charge in [-0.1, -0.05) is 15.9 Å². The Morgan fingerprint density at radius 2 is 2.50 bits per heavy atom. The second kappa shape index (κ2) is 5.24. The fraction of sp³-hybridized carbons (Fsp3) is 0.667. The third-order valence-electron chi connectivity index (χ3n) is 0.926. The van der Waals surface area contributed by atoms with E-state index >= 15 is 0 Å². The van der Waals surface area contributed by atoms with Crippen molar-refractivity contribution in [3.05, 3.63) is 0 Å². The zero-order valence-electron chi connectivity index (χ0n) is 5.72. The molecule has 0 aromatic carbocycles. The number of rotatable bonds is 3. The summed E-state index contributed by atoms with van der Waals surface area (Å²) in [5, 5.41) is 11.1. The Kier molecular flexibility index (Phi) is 4.95. The van der Waals surface area contributed by atoms with Gasteiger partial charge < -0.3 is 5.32 Å². The quantitative estimate of drug-likeness (QED) is 0.692. The lowest BCUT2D eigenvalue weighted by Crippen LogP contribution is -2.32. The van der Waals surface area contributed by atoms with Crippen LogP contribution in [0.2, 0.25) is 0 Å². The van der Waals surface area contributed by atoms with E-state index in [1.54, 1.807) is 6.92 Å². The molecule has 0 fully saturated rings. The monoisotopic (exact) mass is 204 g/mol. The van der Waals surface area contributed by atoms with Crippen LogP contribution in [0.15, 0.2) is 0 Å². The van der Waals surface area contributed by atoms with Crippen LogP contribution in [0.4, 0.5) is 0 Å². The Hall–Kier alpha value is -0.560. The Morgan fingerprint density at radius 3 is 2.90 bits per heavy atom. The maximum Gasteiger partial charge on any atom is 0.230 e. The van der Waals surface area contributed by atoms with Crippen molar-refractivity contribution in [3.63, 3.8) is 0 Å². The highest BCUT2D eigenvalue weighted by molar-refractivity contribution is 9.09. The van der Waals surface area contributed by atoms with E-state index in [-0.39, 0.29) is 11.9 Å². The van der Waals surface area contributed by atoms with Crippen molar-refractivity contribution in [2.75, 3.05) is 5.33 Å². The summed E-state index contributed by atoms with van der Waals surface area (Å²) in [4.78, 5) is 10.6. The molecule has 1 atom stereocenters. The summed E-state index contributed by atoms with van der Waals surface area (Å²) in [7, 11) is 0. The summed E-state index contributed by atoms with van der Waals surface area (Å²) in [6.45, 7) is 1.80. The molecule has 0 aromatic heterocycles. The van der Waals surface area contributed by atoms with Crippen molar-refractivity contribution in [2.45, 2.75) is 19.4 Å². The Bertz CT molecular complexity index is 152. The number of amides is 1. The Morgan fingerprint density at radius 1 is 1.90 bits per heavy atom. The number of carbonyl (C=O) groups is 1. The van der Waals surface area contributed by atoms with Gasteiger partial charge in [0.05, 0.1) is 17.8 Å². The highest BCUT2D eigenvalue weighted by Crippen LogP contribution is 1.88. The van der Waals surface area contributed by atoms with Crippen molar-refractivity contribution < 1.29 is 4.79 Å². The maximum absolute atomic E-state index is 10.6. The summed E-state index contributed by atoms with van der Waals surface area (Å²) in [6.07, 6.45) is 0.360. The van der Waals surface area contributed by atoms with E-state index in [4.69, 9.17) is 5.26 Å². The van der Waals surface area contributed by atoms with Crippen LogP contribution in [0.5, 0.6) is 0 Å². The van der Waals surface area contributed by atoms with Crippen LogP contribution >= 0.6 is 15.9 Å². The molecule has 0 rings (SSSR count). The molecule has 0 radical (unpaired) electrons. The standard InChI is InChI=1S/C6H9BrN2O/c1-5(2-3-8)9-6(10)4-7/h5H,2,4H2,1H3,(H,9,10). The molecule has 4 heteroatoms. The molecular weight excluding hydrogens is 196 g/mol. The van der Waals surface area contributed by atoms with Gasteiger partial charge in [0, 0.05) is 6.04 Å². The second-order valence-electron chi connectivity index (χ2n) is 1.96. The number of hydrogen-bond acceptors (Lipinski definition) is 2. The molecule has 10 heavy (non-hydrogen) atoms. The van der Waals surface area contributed by atoms with Gasteiger partial charge in [-0.05, 0) is 6.92 Å². The van der Waals surface area contributed by atoms with Crippen LogP contribution in [0, 0.1) is 11.3 Å². The fourth-order valence-corrected chi connectivity index (χ4v) is 0.663. The van der Waals surface area contributed by atoms with E-state index in [0.717, 1.165) is 0 Å². The summed E-state index contributed by atoms with van der Waals surface area (Å²) >= 11 is 3.00. The molecule has 0 heterocycles. The molecule has 0 spiro atoms. The number of carbonyl (C=O) groups excluding carboxylic acids is 1. The minimum absolute atomic E-state index is 0.0463. The molecule has 1 amide bonds. The van der Waals surface area contributed by atoms with Crippen LogP contribution in [0.1, 0.15) is 13.3 Å². The average molecular weight is 205 g/mol. The topological polar surface area (TPSA) is 52.9 Å². The Balaban J connectivity index is 3.49. The first kappa shape index (κ1) is 9.44. The van der Waals surface area contributed by atoms with Crippen LogP contribution in [0.3, 0.4) is 0 Å². The van der Waals surface area contributed by atoms with Gasteiger partial charge >= 0.3 is 0 Å². The normalized spacial score (nSPS) is 11.7. The molecule has 56 valence electrons. The Labute approximate surface area is 68.5 Å². The van der Waals surface area contributed by atoms with E-state index in [9.17, 15) is 4.79 Å². The minimum Gasteiger partial charge on any atom is -0.352 e. The highest BCUT2D eigenvalue weighted by Gasteiger charge is 2.03. The first-order chi connectivity index (χ1) is 4.70. The molecule has 0 aliphatic carbocycles. The first-order valence-electron chi connectivity index (χ1n) is 2.93. The molecule has 0 aromatic rings. The van der Waals surface area contributed by atoms with Gasteiger partial charge in [0.2, 0.25) is 5.91 Å². The van der Waals surface area contributed by atoms with Gasteiger partial charge in [-0.3, -0.25) is 4.79 Å². The van der Waals surface area contributed by atoms with E-state index < -0.39 is 0 Å². The summed E-state index contributed by atoms with van der Waals surface area (Å²) in [5.41, 5.74) is 0. The number of nitrogens with one attached hydrogen (secondary N) is 1. The van der Waals surface area contributed by atoms with Gasteiger partial charge in [0.25, 0.3) is 0 Å². The minimum atomic E-state index is -0.0808. The highest BCUT2D eigenvalue weighted by atomic mass is 79.9. The lowest BCUT2D eigenvalue weighted by molar-refractivity contribution is -0.119. The summed E-state index contributed by atoms with van der Waals surface area (Å²) < 4.78 is 0. The predicted octanol–water partition coefficient (Wildman–Crippen LogP) is 0.800. The summed E-state index contributed by atoms with van der Waals surface area (Å²) in [6, 6.07) is 1.92. The van der Waals surface area contributed by atoms with Crippen LogP contribution in [-0.4, -0.2) is 17.3 Å². The molecular formula is C6H9BrN2O. The lowest BCUT2D eigenvalue weighted by Gasteiger charge is -2.07. The van der Waals surface area contributed by atoms with Crippen LogP contribution in [-0.2, 0) is 4.79 Å². The van der Waals surface area contributed by atoms with E-state index in [1.165, 1.54) is 0 Å². The number of nitriles is 1. The van der Waals surface area contributed by atoms with E-state index in [0.29, 0.717) is 11.8 Å². The van der Waals surface area contributed by atoms with Crippen LogP contribution < -0.4 is 5.32 Å². The van der Waals surface area contributed by atoms with Crippen molar-refractivity contribution in [2.24, 2.45) is 0 Å². The van der Waals surface area contributed by atoms with Gasteiger partial charge in [0.1, 0.15) is 0 Å². The number of hydrogen-bond donors (Lipinski definition) is 1. The fourth-order valence-electron chi connectivity index (χ4n) is 0.501. The smallest absolute Gasteiger partial charge is 0.230 e. The molecule has 0 saturated carbocycles. The number of alkyl halides is 1. The van der Waals surface area contributed by atoms with Gasteiger partial charge in [0.15, 0.2) is 0 Å². The number of halogens is 1. The summed E-state index contributed by atoms with van der Waals surface area (Å²) in [5.74, 6) is -0.0808. The molecule has 0 saturated heterocycles. The SMILES string of the molecule is CC(CC#N)NC(=O)CBr. The molecule has 0 bridgehead atoms. The third-order valence-corrected chi connectivity index (χ3v) is 1.44. The van der Waals surface area contributed by atoms with Gasteiger partial charge in [-0.15, -0.1) is 0 Å². The third kappa shape index (κ3) is 4.33. The largest absolute Gasteiger partial charge is 0.352 e. The van der Waals surface area contributed by atoms with Crippen LogP contribution in [0.25, 0.3) is 0 Å². The first-order valence-corrected chi connectivity index (χ1v) is 4.05.